The number of carbonyl (C=O) groups excluding carboxylic acids is 1. The van der Waals surface area contributed by atoms with Crippen LogP contribution in [0.15, 0.2) is 0 Å². The zero-order chi connectivity index (χ0) is 7.94. The normalized spacial score (nSPS) is 37.8. The maximum Gasteiger partial charge on any atom is 0.328 e. The third-order valence-corrected chi connectivity index (χ3v) is 3.01. The number of carbonyl (C=O) groups is 1. The van der Waals surface area contributed by atoms with Gasteiger partial charge in [-0.1, -0.05) is 23.2 Å². The van der Waals surface area contributed by atoms with E-state index in [-0.39, 0.29) is 0 Å². The molecule has 0 N–H and O–H groups in total. The van der Waals surface area contributed by atoms with Gasteiger partial charge in [-0.15, -0.1) is 23.2 Å². The third kappa shape index (κ3) is 1.30. The second-order valence-corrected chi connectivity index (χ2v) is 4.04. The molecule has 1 aliphatic heterocycles. The standard InChI is InChI=1S/C4H2Cl4O2/c5-1-2(6)4(7,8)10-3(1)9/h1-2H. The van der Waals surface area contributed by atoms with Crippen molar-refractivity contribution in [1.82, 2.24) is 0 Å². The number of alkyl halides is 4. The first-order chi connectivity index (χ1) is 4.45. The van der Waals surface area contributed by atoms with Gasteiger partial charge in [-0.05, 0) is 0 Å². The minimum absolute atomic E-state index is 0.688. The first-order valence-electron chi connectivity index (χ1n) is 2.34. The van der Waals surface area contributed by atoms with Crippen LogP contribution in [0.1, 0.15) is 0 Å². The molecule has 1 aliphatic rings. The SMILES string of the molecule is O=C1OC(Cl)(Cl)C(Cl)C1Cl. The van der Waals surface area contributed by atoms with Crippen LogP contribution >= 0.6 is 46.4 Å². The van der Waals surface area contributed by atoms with E-state index in [2.05, 4.69) is 4.74 Å². The molecular formula is C4H2Cl4O2. The van der Waals surface area contributed by atoms with Gasteiger partial charge in [0.2, 0.25) is 0 Å². The molecule has 0 amide bonds. The van der Waals surface area contributed by atoms with Gasteiger partial charge < -0.3 is 4.74 Å². The molecule has 1 heterocycles. The molecule has 1 rings (SSSR count). The van der Waals surface area contributed by atoms with Gasteiger partial charge in [0.05, 0.1) is 0 Å². The van der Waals surface area contributed by atoms with E-state index in [1.54, 1.807) is 0 Å². The highest BCUT2D eigenvalue weighted by Gasteiger charge is 2.52. The maximum absolute atomic E-state index is 10.6. The molecule has 0 saturated carbocycles. The minimum atomic E-state index is -1.68. The van der Waals surface area contributed by atoms with Gasteiger partial charge in [0.15, 0.2) is 5.38 Å². The summed E-state index contributed by atoms with van der Waals surface area (Å²) >= 11 is 21.8. The Hall–Kier alpha value is 0.630. The van der Waals surface area contributed by atoms with Gasteiger partial charge in [0.1, 0.15) is 5.38 Å². The summed E-state index contributed by atoms with van der Waals surface area (Å²) in [5.41, 5.74) is 0. The van der Waals surface area contributed by atoms with E-state index < -0.39 is 21.2 Å². The summed E-state index contributed by atoms with van der Waals surface area (Å²) in [5.74, 6) is -0.688. The Morgan fingerprint density at radius 1 is 1.40 bits per heavy atom. The van der Waals surface area contributed by atoms with Gasteiger partial charge in [0.25, 0.3) is 4.52 Å². The number of esters is 1. The number of hydrogen-bond acceptors (Lipinski definition) is 2. The van der Waals surface area contributed by atoms with E-state index >= 15 is 0 Å². The molecule has 6 heteroatoms. The molecule has 10 heavy (non-hydrogen) atoms. The van der Waals surface area contributed by atoms with Crippen molar-refractivity contribution in [3.05, 3.63) is 0 Å². The zero-order valence-electron chi connectivity index (χ0n) is 4.48. The lowest BCUT2D eigenvalue weighted by atomic mass is 10.3. The first kappa shape index (κ1) is 8.72. The number of halogens is 4. The van der Waals surface area contributed by atoms with Crippen molar-refractivity contribution in [2.75, 3.05) is 0 Å². The molecule has 1 saturated heterocycles. The van der Waals surface area contributed by atoms with Crippen LogP contribution < -0.4 is 0 Å². The molecule has 2 atom stereocenters. The van der Waals surface area contributed by atoms with Crippen molar-refractivity contribution in [3.63, 3.8) is 0 Å². The highest BCUT2D eigenvalue weighted by Crippen LogP contribution is 2.41. The molecular weight excluding hydrogens is 222 g/mol. The topological polar surface area (TPSA) is 26.3 Å². The lowest BCUT2D eigenvalue weighted by molar-refractivity contribution is -0.140. The first-order valence-corrected chi connectivity index (χ1v) is 3.97. The molecule has 2 unspecified atom stereocenters. The third-order valence-electron chi connectivity index (χ3n) is 1.04. The molecule has 0 aliphatic carbocycles. The summed E-state index contributed by atoms with van der Waals surface area (Å²) in [6.07, 6.45) is 0. The van der Waals surface area contributed by atoms with Crippen LogP contribution in [0.3, 0.4) is 0 Å². The van der Waals surface area contributed by atoms with E-state index in [1.165, 1.54) is 0 Å². The molecule has 0 bridgehead atoms. The van der Waals surface area contributed by atoms with Crippen LogP contribution in [-0.4, -0.2) is 21.2 Å². The molecule has 0 aromatic rings. The monoisotopic (exact) mass is 222 g/mol. The van der Waals surface area contributed by atoms with Crippen molar-refractivity contribution in [3.8, 4) is 0 Å². The zero-order valence-corrected chi connectivity index (χ0v) is 7.51. The second kappa shape index (κ2) is 2.59. The molecule has 0 spiro atoms. The lowest BCUT2D eigenvalue weighted by Gasteiger charge is -2.13. The number of hydrogen-bond donors (Lipinski definition) is 0. The van der Waals surface area contributed by atoms with Crippen molar-refractivity contribution < 1.29 is 9.53 Å². The highest BCUT2D eigenvalue weighted by molar-refractivity contribution is 6.55. The van der Waals surface area contributed by atoms with Gasteiger partial charge in [0, 0.05) is 0 Å². The van der Waals surface area contributed by atoms with Crippen molar-refractivity contribution >= 4 is 52.4 Å². The van der Waals surface area contributed by atoms with Gasteiger partial charge in [-0.25, -0.2) is 0 Å². The maximum atomic E-state index is 10.6. The fourth-order valence-corrected chi connectivity index (χ4v) is 1.44. The van der Waals surface area contributed by atoms with Gasteiger partial charge in [-0.3, -0.25) is 4.79 Å². The Morgan fingerprint density at radius 3 is 2.00 bits per heavy atom. The summed E-state index contributed by atoms with van der Waals surface area (Å²) in [5, 5.41) is -1.86. The second-order valence-electron chi connectivity index (χ2n) is 1.79. The van der Waals surface area contributed by atoms with Gasteiger partial charge in [-0.2, -0.15) is 0 Å². The average molecular weight is 224 g/mol. The summed E-state index contributed by atoms with van der Waals surface area (Å²) < 4.78 is 2.73. The molecule has 1 fully saturated rings. The number of rotatable bonds is 0. The Kier molecular flexibility index (Phi) is 2.26. The van der Waals surface area contributed by atoms with E-state index in [0.717, 1.165) is 0 Å². The van der Waals surface area contributed by atoms with Crippen LogP contribution in [0.5, 0.6) is 0 Å². The van der Waals surface area contributed by atoms with E-state index in [9.17, 15) is 4.79 Å². The summed E-state index contributed by atoms with van der Waals surface area (Å²) in [7, 11) is 0. The Balaban J connectivity index is 2.81. The summed E-state index contributed by atoms with van der Waals surface area (Å²) in [6, 6.07) is 0. The minimum Gasteiger partial charge on any atom is -0.426 e. The van der Waals surface area contributed by atoms with Crippen LogP contribution in [0.4, 0.5) is 0 Å². The van der Waals surface area contributed by atoms with Crippen molar-refractivity contribution in [2.45, 2.75) is 15.3 Å². The van der Waals surface area contributed by atoms with Crippen molar-refractivity contribution in [1.29, 1.82) is 0 Å². The van der Waals surface area contributed by atoms with E-state index in [4.69, 9.17) is 46.4 Å². The number of cyclic esters (lactones) is 1. The highest BCUT2D eigenvalue weighted by atomic mass is 35.5. The molecule has 2 nitrogen and oxygen atoms in total. The van der Waals surface area contributed by atoms with Crippen LogP contribution in [0, 0.1) is 0 Å². The Bertz CT molecular complexity index is 169. The van der Waals surface area contributed by atoms with Crippen LogP contribution in [-0.2, 0) is 9.53 Å². The molecule has 0 aromatic heterocycles. The fourth-order valence-electron chi connectivity index (χ4n) is 0.537. The van der Waals surface area contributed by atoms with Crippen LogP contribution in [0.2, 0.25) is 0 Å². The summed E-state index contributed by atoms with van der Waals surface area (Å²) in [6.45, 7) is 0. The number of ether oxygens (including phenoxy) is 1. The largest absolute Gasteiger partial charge is 0.426 e. The molecule has 0 radical (unpaired) electrons. The van der Waals surface area contributed by atoms with E-state index in [1.807, 2.05) is 0 Å². The van der Waals surface area contributed by atoms with Crippen molar-refractivity contribution in [2.24, 2.45) is 0 Å². The van der Waals surface area contributed by atoms with E-state index in [0.29, 0.717) is 0 Å². The summed E-state index contributed by atoms with van der Waals surface area (Å²) in [4.78, 5) is 10.6. The molecule has 58 valence electrons. The van der Waals surface area contributed by atoms with Crippen LogP contribution in [0.25, 0.3) is 0 Å². The Labute approximate surface area is 77.3 Å². The lowest BCUT2D eigenvalue weighted by Crippen LogP contribution is -2.25. The smallest absolute Gasteiger partial charge is 0.328 e. The average Bonchev–Trinajstić information content (AvgIpc) is 1.95. The molecule has 0 aromatic carbocycles. The quantitative estimate of drug-likeness (QED) is 0.463. The Morgan fingerprint density at radius 2 is 1.90 bits per heavy atom. The predicted molar refractivity (Wildman–Crippen MR) is 39.8 cm³/mol. The fraction of sp³-hybridized carbons (Fsp3) is 0.750. The van der Waals surface area contributed by atoms with Gasteiger partial charge >= 0.3 is 5.97 Å². The predicted octanol–water partition coefficient (Wildman–Crippen LogP) is 1.89.